The number of nitrogens with zero attached hydrogens (tertiary/aromatic N) is 1. The van der Waals surface area contributed by atoms with E-state index in [9.17, 15) is 24.8 Å². The van der Waals surface area contributed by atoms with Gasteiger partial charge in [-0.1, -0.05) is 0 Å². The number of rotatable bonds is 3. The summed E-state index contributed by atoms with van der Waals surface area (Å²) in [6, 6.07) is 9.23. The number of anilines is 1. The normalized spacial score (nSPS) is 10.6. The molecule has 0 saturated carbocycles. The highest BCUT2D eigenvalue weighted by Gasteiger charge is 2.16. The van der Waals surface area contributed by atoms with Crippen LogP contribution in [0.15, 0.2) is 51.7 Å². The van der Waals surface area contributed by atoms with Crippen molar-refractivity contribution >= 4 is 28.3 Å². The molecule has 8 heteroatoms. The Morgan fingerprint density at radius 3 is 2.52 bits per heavy atom. The number of carbonyl (C=O) groups is 1. The van der Waals surface area contributed by atoms with Crippen LogP contribution in [0.4, 0.5) is 11.4 Å². The zero-order valence-corrected chi connectivity index (χ0v) is 13.0. The van der Waals surface area contributed by atoms with E-state index in [0.29, 0.717) is 10.9 Å². The number of fused-ring (bicyclic) bond motifs is 1. The molecule has 0 aliphatic carbocycles. The average Bonchev–Trinajstić information content (AvgIpc) is 2.57. The molecule has 0 bridgehead atoms. The van der Waals surface area contributed by atoms with Crippen LogP contribution in [0.25, 0.3) is 11.0 Å². The molecule has 25 heavy (non-hydrogen) atoms. The molecule has 0 aliphatic heterocycles. The zero-order valence-electron chi connectivity index (χ0n) is 13.0. The van der Waals surface area contributed by atoms with Crippen molar-refractivity contribution in [3.05, 3.63) is 74.1 Å². The van der Waals surface area contributed by atoms with Crippen LogP contribution in [0.5, 0.6) is 5.75 Å². The van der Waals surface area contributed by atoms with Gasteiger partial charge in [0.15, 0.2) is 5.58 Å². The second-order valence-electron chi connectivity index (χ2n) is 5.34. The fourth-order valence-electron chi connectivity index (χ4n) is 2.41. The highest BCUT2D eigenvalue weighted by atomic mass is 16.6. The maximum Gasteiger partial charge on any atom is 0.336 e. The smallest absolute Gasteiger partial charge is 0.336 e. The van der Waals surface area contributed by atoms with Gasteiger partial charge in [-0.05, 0) is 36.8 Å². The molecule has 126 valence electrons. The average molecular weight is 340 g/mol. The fourth-order valence-corrected chi connectivity index (χ4v) is 2.41. The maximum atomic E-state index is 12.3. The Morgan fingerprint density at radius 1 is 1.20 bits per heavy atom. The monoisotopic (exact) mass is 340 g/mol. The quantitative estimate of drug-likeness (QED) is 0.327. The molecule has 0 radical (unpaired) electrons. The third kappa shape index (κ3) is 3.05. The Kier molecular flexibility index (Phi) is 3.94. The standard InChI is InChI=1S/C17H12N2O6/c1-9-8-14(21)25-16-12(9)6-7-13(20)15(16)18-17(22)10-2-4-11(5-3-10)19(23)24/h2-8,20H,1H3,(H,18,22). The van der Waals surface area contributed by atoms with Crippen LogP contribution >= 0.6 is 0 Å². The molecule has 0 spiro atoms. The summed E-state index contributed by atoms with van der Waals surface area (Å²) in [4.78, 5) is 34.0. The Balaban J connectivity index is 2.02. The second kappa shape index (κ2) is 6.08. The van der Waals surface area contributed by atoms with Gasteiger partial charge < -0.3 is 14.8 Å². The Hall–Kier alpha value is -3.68. The summed E-state index contributed by atoms with van der Waals surface area (Å²) in [5.74, 6) is -0.877. The van der Waals surface area contributed by atoms with E-state index in [4.69, 9.17) is 4.42 Å². The molecular formula is C17H12N2O6. The lowest BCUT2D eigenvalue weighted by molar-refractivity contribution is -0.384. The van der Waals surface area contributed by atoms with Crippen LogP contribution < -0.4 is 10.9 Å². The molecule has 2 aromatic carbocycles. The van der Waals surface area contributed by atoms with Crippen molar-refractivity contribution in [1.29, 1.82) is 0 Å². The minimum absolute atomic E-state index is 0.0401. The van der Waals surface area contributed by atoms with Crippen LogP contribution in [0, 0.1) is 17.0 Å². The molecule has 8 nitrogen and oxygen atoms in total. The number of benzene rings is 2. The molecule has 3 rings (SSSR count). The van der Waals surface area contributed by atoms with E-state index in [1.165, 1.54) is 36.4 Å². The minimum Gasteiger partial charge on any atom is -0.506 e. The number of nitrogens with one attached hydrogen (secondary N) is 1. The SMILES string of the molecule is Cc1cc(=O)oc2c(NC(=O)c3ccc([N+](=O)[O-])cc3)c(O)ccc12. The van der Waals surface area contributed by atoms with Gasteiger partial charge in [0.05, 0.1) is 4.92 Å². The van der Waals surface area contributed by atoms with Gasteiger partial charge in [-0.3, -0.25) is 14.9 Å². The first-order valence-corrected chi connectivity index (χ1v) is 7.19. The van der Waals surface area contributed by atoms with Crippen molar-refractivity contribution in [2.24, 2.45) is 0 Å². The number of nitro groups is 1. The lowest BCUT2D eigenvalue weighted by atomic mass is 10.1. The van der Waals surface area contributed by atoms with Gasteiger partial charge in [-0.25, -0.2) is 4.79 Å². The Labute approximate surface area is 140 Å². The van der Waals surface area contributed by atoms with Gasteiger partial charge in [0, 0.05) is 29.1 Å². The van der Waals surface area contributed by atoms with Crippen LogP contribution in [-0.4, -0.2) is 15.9 Å². The molecule has 1 amide bonds. The van der Waals surface area contributed by atoms with E-state index in [-0.39, 0.29) is 28.3 Å². The van der Waals surface area contributed by atoms with Gasteiger partial charge in [0.1, 0.15) is 11.4 Å². The molecule has 0 fully saturated rings. The van der Waals surface area contributed by atoms with Gasteiger partial charge in [-0.2, -0.15) is 0 Å². The molecule has 2 N–H and O–H groups in total. The summed E-state index contributed by atoms with van der Waals surface area (Å²) >= 11 is 0. The number of carbonyl (C=O) groups excluding carboxylic acids is 1. The molecule has 3 aromatic rings. The summed E-state index contributed by atoms with van der Waals surface area (Å²) in [6.45, 7) is 1.71. The van der Waals surface area contributed by atoms with Crippen molar-refractivity contribution in [2.75, 3.05) is 5.32 Å². The van der Waals surface area contributed by atoms with Crippen LogP contribution in [0.3, 0.4) is 0 Å². The first-order chi connectivity index (χ1) is 11.9. The number of phenolic OH excluding ortho intramolecular Hbond substituents is 1. The molecular weight excluding hydrogens is 328 g/mol. The molecule has 1 aromatic heterocycles. The molecule has 0 unspecified atom stereocenters. The van der Waals surface area contributed by atoms with Crippen molar-refractivity contribution in [3.63, 3.8) is 0 Å². The molecule has 0 saturated heterocycles. The van der Waals surface area contributed by atoms with Gasteiger partial charge in [0.25, 0.3) is 11.6 Å². The summed E-state index contributed by atoms with van der Waals surface area (Å²) in [6.07, 6.45) is 0. The number of nitro benzene ring substituents is 1. The molecule has 0 atom stereocenters. The molecule has 1 heterocycles. The maximum absolute atomic E-state index is 12.3. The number of amides is 1. The zero-order chi connectivity index (χ0) is 18.1. The summed E-state index contributed by atoms with van der Waals surface area (Å²) < 4.78 is 5.12. The first-order valence-electron chi connectivity index (χ1n) is 7.19. The largest absolute Gasteiger partial charge is 0.506 e. The fraction of sp³-hybridized carbons (Fsp3) is 0.0588. The predicted molar refractivity (Wildman–Crippen MR) is 89.9 cm³/mol. The van der Waals surface area contributed by atoms with Crippen molar-refractivity contribution in [1.82, 2.24) is 0 Å². The predicted octanol–water partition coefficient (Wildman–Crippen LogP) is 2.97. The summed E-state index contributed by atoms with van der Waals surface area (Å²) in [5, 5.41) is 23.7. The van der Waals surface area contributed by atoms with E-state index in [1.807, 2.05) is 0 Å². The van der Waals surface area contributed by atoms with Crippen molar-refractivity contribution in [2.45, 2.75) is 6.92 Å². The lowest BCUT2D eigenvalue weighted by Crippen LogP contribution is -2.13. The summed E-state index contributed by atoms with van der Waals surface area (Å²) in [7, 11) is 0. The highest BCUT2D eigenvalue weighted by molar-refractivity contribution is 6.09. The van der Waals surface area contributed by atoms with Crippen molar-refractivity contribution in [3.8, 4) is 5.75 Å². The number of aryl methyl sites for hydroxylation is 1. The topological polar surface area (TPSA) is 123 Å². The van der Waals surface area contributed by atoms with Crippen LogP contribution in [0.2, 0.25) is 0 Å². The van der Waals surface area contributed by atoms with Gasteiger partial charge in [-0.15, -0.1) is 0 Å². The van der Waals surface area contributed by atoms with Crippen LogP contribution in [-0.2, 0) is 0 Å². The number of hydrogen-bond acceptors (Lipinski definition) is 6. The van der Waals surface area contributed by atoms with Gasteiger partial charge >= 0.3 is 5.63 Å². The Bertz CT molecular complexity index is 1050. The highest BCUT2D eigenvalue weighted by Crippen LogP contribution is 2.33. The Morgan fingerprint density at radius 2 is 1.88 bits per heavy atom. The number of non-ortho nitro benzene ring substituents is 1. The second-order valence-corrected chi connectivity index (χ2v) is 5.34. The lowest BCUT2D eigenvalue weighted by Gasteiger charge is -2.10. The van der Waals surface area contributed by atoms with Crippen LogP contribution in [0.1, 0.15) is 15.9 Å². The summed E-state index contributed by atoms with van der Waals surface area (Å²) in [5.41, 5.74) is 0.0450. The number of aromatic hydroxyl groups is 1. The van der Waals surface area contributed by atoms with E-state index < -0.39 is 16.5 Å². The van der Waals surface area contributed by atoms with Crippen molar-refractivity contribution < 1.29 is 19.2 Å². The van der Waals surface area contributed by atoms with E-state index >= 15 is 0 Å². The third-order valence-electron chi connectivity index (χ3n) is 3.68. The number of hydrogen-bond donors (Lipinski definition) is 2. The van der Waals surface area contributed by atoms with E-state index in [2.05, 4.69) is 5.32 Å². The molecule has 0 aliphatic rings. The van der Waals surface area contributed by atoms with E-state index in [1.54, 1.807) is 13.0 Å². The first kappa shape index (κ1) is 16.2. The van der Waals surface area contributed by atoms with E-state index in [0.717, 1.165) is 0 Å². The third-order valence-corrected chi connectivity index (χ3v) is 3.68. The minimum atomic E-state index is -0.610. The van der Waals surface area contributed by atoms with Gasteiger partial charge in [0.2, 0.25) is 0 Å². The number of phenols is 1.